The summed E-state index contributed by atoms with van der Waals surface area (Å²) in [5.41, 5.74) is 6.97. The molecule has 0 aromatic heterocycles. The molecule has 1 aromatic carbocycles. The highest BCUT2D eigenvalue weighted by Gasteiger charge is 2.42. The first kappa shape index (κ1) is 15.3. The largest absolute Gasteiger partial charge is 0.478 e. The third-order valence-electron chi connectivity index (χ3n) is 4.14. The van der Waals surface area contributed by atoms with Crippen LogP contribution in [0, 0.1) is 5.41 Å². The van der Waals surface area contributed by atoms with Crippen molar-refractivity contribution in [3.05, 3.63) is 35.9 Å². The zero-order chi connectivity index (χ0) is 15.5. The molecule has 112 valence electrons. The van der Waals surface area contributed by atoms with Crippen molar-refractivity contribution < 1.29 is 14.7 Å². The summed E-state index contributed by atoms with van der Waals surface area (Å²) in [6.07, 6.45) is 5.24. The molecule has 4 N–H and O–H groups in total. The van der Waals surface area contributed by atoms with Crippen molar-refractivity contribution in [2.24, 2.45) is 11.1 Å². The van der Waals surface area contributed by atoms with E-state index in [-0.39, 0.29) is 11.9 Å². The summed E-state index contributed by atoms with van der Waals surface area (Å²) in [6.45, 7) is 1.91. The van der Waals surface area contributed by atoms with Crippen molar-refractivity contribution in [2.45, 2.75) is 32.2 Å². The zero-order valence-electron chi connectivity index (χ0n) is 12.0. The fourth-order valence-corrected chi connectivity index (χ4v) is 2.59. The van der Waals surface area contributed by atoms with Crippen LogP contribution in [0.15, 0.2) is 30.3 Å². The smallest absolute Gasteiger partial charge is 0.328 e. The van der Waals surface area contributed by atoms with E-state index in [1.165, 1.54) is 6.08 Å². The van der Waals surface area contributed by atoms with E-state index in [1.54, 1.807) is 24.3 Å². The SMILES string of the molecule is CC1(C(=O)Nc2ccc(/C=C/C(=O)O)cc2)CCCC1N. The molecule has 1 aromatic rings. The van der Waals surface area contributed by atoms with Crippen molar-refractivity contribution >= 4 is 23.6 Å². The first-order valence-electron chi connectivity index (χ1n) is 7.00. The molecule has 0 radical (unpaired) electrons. The fourth-order valence-electron chi connectivity index (χ4n) is 2.59. The molecule has 0 aliphatic heterocycles. The van der Waals surface area contributed by atoms with Gasteiger partial charge in [-0.1, -0.05) is 18.6 Å². The summed E-state index contributed by atoms with van der Waals surface area (Å²) in [5, 5.41) is 11.5. The van der Waals surface area contributed by atoms with Crippen LogP contribution >= 0.6 is 0 Å². The highest BCUT2D eigenvalue weighted by atomic mass is 16.4. The molecule has 0 spiro atoms. The number of benzene rings is 1. The lowest BCUT2D eigenvalue weighted by Gasteiger charge is -2.27. The van der Waals surface area contributed by atoms with Gasteiger partial charge in [0, 0.05) is 17.8 Å². The second kappa shape index (κ2) is 6.10. The predicted octanol–water partition coefficient (Wildman–Crippen LogP) is 2.24. The number of rotatable bonds is 4. The first-order valence-corrected chi connectivity index (χ1v) is 7.00. The number of anilines is 1. The number of carbonyl (C=O) groups is 2. The molecular weight excluding hydrogens is 268 g/mol. The Morgan fingerprint density at radius 1 is 1.38 bits per heavy atom. The van der Waals surface area contributed by atoms with Crippen molar-refractivity contribution in [3.8, 4) is 0 Å². The standard InChI is InChI=1S/C16H20N2O3/c1-16(10-2-3-13(16)17)15(21)18-12-7-4-11(5-8-12)6-9-14(19)20/h4-9,13H,2-3,10,17H2,1H3,(H,18,21)(H,19,20)/b9-6+. The van der Waals surface area contributed by atoms with Crippen LogP contribution in [0.2, 0.25) is 0 Å². The Hall–Kier alpha value is -2.14. The highest BCUT2D eigenvalue weighted by molar-refractivity contribution is 5.96. The topological polar surface area (TPSA) is 92.4 Å². The minimum Gasteiger partial charge on any atom is -0.478 e. The average molecular weight is 288 g/mol. The number of hydrogen-bond acceptors (Lipinski definition) is 3. The number of nitrogens with one attached hydrogen (secondary N) is 1. The van der Waals surface area contributed by atoms with Gasteiger partial charge in [-0.15, -0.1) is 0 Å². The van der Waals surface area contributed by atoms with Crippen LogP contribution in [0.1, 0.15) is 31.7 Å². The Bertz CT molecular complexity index is 565. The molecule has 0 saturated heterocycles. The minimum absolute atomic E-state index is 0.0543. The molecule has 2 unspecified atom stereocenters. The molecule has 5 heteroatoms. The predicted molar refractivity (Wildman–Crippen MR) is 81.7 cm³/mol. The molecule has 2 rings (SSSR count). The van der Waals surface area contributed by atoms with Gasteiger partial charge in [0.25, 0.3) is 0 Å². The van der Waals surface area contributed by atoms with Crippen LogP contribution in [0.3, 0.4) is 0 Å². The number of hydrogen-bond donors (Lipinski definition) is 3. The monoisotopic (exact) mass is 288 g/mol. The molecule has 1 fully saturated rings. The second-order valence-corrected chi connectivity index (χ2v) is 5.66. The molecule has 1 saturated carbocycles. The molecule has 1 aliphatic carbocycles. The lowest BCUT2D eigenvalue weighted by molar-refractivity contribution is -0.131. The fraction of sp³-hybridized carbons (Fsp3) is 0.375. The zero-order valence-corrected chi connectivity index (χ0v) is 12.0. The van der Waals surface area contributed by atoms with Crippen LogP contribution in [-0.2, 0) is 9.59 Å². The first-order chi connectivity index (χ1) is 9.91. The van der Waals surface area contributed by atoms with Crippen LogP contribution in [0.25, 0.3) is 6.08 Å². The summed E-state index contributed by atoms with van der Waals surface area (Å²) in [4.78, 5) is 22.8. The van der Waals surface area contributed by atoms with Crippen LogP contribution in [-0.4, -0.2) is 23.0 Å². The van der Waals surface area contributed by atoms with Gasteiger partial charge in [-0.25, -0.2) is 4.79 Å². The summed E-state index contributed by atoms with van der Waals surface area (Å²) in [5.74, 6) is -1.04. The number of amides is 1. The lowest BCUT2D eigenvalue weighted by Crippen LogP contribution is -2.44. The third kappa shape index (κ3) is 3.49. The molecule has 0 heterocycles. The number of aliphatic carboxylic acids is 1. The van der Waals surface area contributed by atoms with Gasteiger partial charge in [0.2, 0.25) is 5.91 Å². The van der Waals surface area contributed by atoms with Gasteiger partial charge < -0.3 is 16.2 Å². The van der Waals surface area contributed by atoms with E-state index in [4.69, 9.17) is 10.8 Å². The van der Waals surface area contributed by atoms with Crippen LogP contribution in [0.4, 0.5) is 5.69 Å². The van der Waals surface area contributed by atoms with E-state index >= 15 is 0 Å². The summed E-state index contributed by atoms with van der Waals surface area (Å²) in [6, 6.07) is 6.92. The van der Waals surface area contributed by atoms with E-state index in [9.17, 15) is 9.59 Å². The van der Waals surface area contributed by atoms with Gasteiger partial charge in [-0.05, 0) is 43.5 Å². The number of carbonyl (C=O) groups excluding carboxylic acids is 1. The van der Waals surface area contributed by atoms with Gasteiger partial charge in [0.1, 0.15) is 0 Å². The van der Waals surface area contributed by atoms with Gasteiger partial charge in [0.15, 0.2) is 0 Å². The maximum absolute atomic E-state index is 12.4. The van der Waals surface area contributed by atoms with Crippen molar-refractivity contribution in [1.29, 1.82) is 0 Å². The Morgan fingerprint density at radius 2 is 2.05 bits per heavy atom. The maximum atomic E-state index is 12.4. The van der Waals surface area contributed by atoms with E-state index in [1.807, 2.05) is 6.92 Å². The Kier molecular flexibility index (Phi) is 4.43. The highest BCUT2D eigenvalue weighted by Crippen LogP contribution is 2.37. The summed E-state index contributed by atoms with van der Waals surface area (Å²) in [7, 11) is 0. The Morgan fingerprint density at radius 3 is 2.57 bits per heavy atom. The quantitative estimate of drug-likeness (QED) is 0.741. The van der Waals surface area contributed by atoms with Gasteiger partial charge >= 0.3 is 5.97 Å². The van der Waals surface area contributed by atoms with E-state index in [0.29, 0.717) is 5.69 Å². The third-order valence-corrected chi connectivity index (χ3v) is 4.14. The minimum atomic E-state index is -0.990. The molecule has 2 atom stereocenters. The van der Waals surface area contributed by atoms with Crippen molar-refractivity contribution in [1.82, 2.24) is 0 Å². The Labute approximate surface area is 123 Å². The Balaban J connectivity index is 2.03. The maximum Gasteiger partial charge on any atom is 0.328 e. The molecular formula is C16H20N2O3. The number of carboxylic acids is 1. The van der Waals surface area contributed by atoms with Crippen LogP contribution in [0.5, 0.6) is 0 Å². The molecule has 0 bridgehead atoms. The average Bonchev–Trinajstić information content (AvgIpc) is 2.79. The number of nitrogens with two attached hydrogens (primary N) is 1. The van der Waals surface area contributed by atoms with Crippen molar-refractivity contribution in [2.75, 3.05) is 5.32 Å². The van der Waals surface area contributed by atoms with E-state index < -0.39 is 11.4 Å². The van der Waals surface area contributed by atoms with Crippen molar-refractivity contribution in [3.63, 3.8) is 0 Å². The van der Waals surface area contributed by atoms with Gasteiger partial charge in [0.05, 0.1) is 5.41 Å². The van der Waals surface area contributed by atoms with E-state index in [2.05, 4.69) is 5.32 Å². The molecule has 1 aliphatic rings. The lowest BCUT2D eigenvalue weighted by atomic mass is 9.84. The molecule has 5 nitrogen and oxygen atoms in total. The molecule has 1 amide bonds. The number of carboxylic acid groups (broad SMARTS) is 1. The normalized spacial score (nSPS) is 25.1. The molecule has 21 heavy (non-hydrogen) atoms. The summed E-state index contributed by atoms with van der Waals surface area (Å²) < 4.78 is 0. The summed E-state index contributed by atoms with van der Waals surface area (Å²) >= 11 is 0. The van der Waals surface area contributed by atoms with Gasteiger partial charge in [-0.3, -0.25) is 4.79 Å². The second-order valence-electron chi connectivity index (χ2n) is 5.66. The van der Waals surface area contributed by atoms with E-state index in [0.717, 1.165) is 30.9 Å². The van der Waals surface area contributed by atoms with Gasteiger partial charge in [-0.2, -0.15) is 0 Å². The van der Waals surface area contributed by atoms with Crippen LogP contribution < -0.4 is 11.1 Å².